The topological polar surface area (TPSA) is 54.0 Å². The molecule has 3 atom stereocenters. The molecule has 3 unspecified atom stereocenters. The number of aromatic nitrogens is 1. The Morgan fingerprint density at radius 2 is 1.85 bits per heavy atom. The lowest BCUT2D eigenvalue weighted by Crippen LogP contribution is -2.36. The molecule has 0 bridgehead atoms. The van der Waals surface area contributed by atoms with E-state index in [2.05, 4.69) is 46.8 Å². The molecule has 0 spiro atoms. The van der Waals surface area contributed by atoms with Gasteiger partial charge < -0.3 is 10.6 Å². The molecule has 2 aromatic rings. The average Bonchev–Trinajstić information content (AvgIpc) is 2.69. The van der Waals surface area contributed by atoms with Crippen LogP contribution in [0.15, 0.2) is 48.8 Å². The van der Waals surface area contributed by atoms with E-state index in [0.717, 1.165) is 29.8 Å². The zero-order valence-electron chi connectivity index (χ0n) is 15.7. The number of amides is 1. The van der Waals surface area contributed by atoms with Gasteiger partial charge in [-0.2, -0.15) is 0 Å². The Labute approximate surface area is 156 Å². The van der Waals surface area contributed by atoms with Crippen molar-refractivity contribution in [3.8, 4) is 11.1 Å². The number of rotatable bonds is 6. The number of carbonyl (C=O) groups is 1. The normalized spacial score (nSPS) is 19.5. The van der Waals surface area contributed by atoms with Crippen LogP contribution in [0.4, 0.5) is 0 Å². The maximum Gasteiger partial charge on any atom is 0.220 e. The first-order valence-electron chi connectivity index (χ1n) is 9.64. The van der Waals surface area contributed by atoms with Crippen molar-refractivity contribution in [2.24, 2.45) is 11.8 Å². The van der Waals surface area contributed by atoms with Crippen LogP contribution in [0.2, 0.25) is 0 Å². The first-order valence-corrected chi connectivity index (χ1v) is 9.64. The third kappa shape index (κ3) is 4.92. The minimum Gasteiger partial charge on any atom is -0.350 e. The van der Waals surface area contributed by atoms with E-state index < -0.39 is 0 Å². The molecule has 0 saturated carbocycles. The van der Waals surface area contributed by atoms with Crippen molar-refractivity contribution in [3.63, 3.8) is 0 Å². The highest BCUT2D eigenvalue weighted by molar-refractivity contribution is 5.76. The second kappa shape index (κ2) is 8.95. The number of nitrogens with one attached hydrogen (secondary N) is 2. The lowest BCUT2D eigenvalue weighted by Gasteiger charge is -2.28. The van der Waals surface area contributed by atoms with Gasteiger partial charge in [0, 0.05) is 18.8 Å². The number of carbonyl (C=O) groups excluding carboxylic acids is 1. The largest absolute Gasteiger partial charge is 0.350 e. The molecule has 3 rings (SSSR count). The molecular weight excluding hydrogens is 322 g/mol. The van der Waals surface area contributed by atoms with Crippen molar-refractivity contribution in [2.45, 2.75) is 39.2 Å². The lowest BCUT2D eigenvalue weighted by molar-refractivity contribution is -0.123. The molecule has 1 fully saturated rings. The summed E-state index contributed by atoms with van der Waals surface area (Å²) in [7, 11) is 0. The summed E-state index contributed by atoms with van der Waals surface area (Å²) < 4.78 is 0. The average molecular weight is 351 g/mol. The van der Waals surface area contributed by atoms with Gasteiger partial charge in [-0.25, -0.2) is 0 Å². The van der Waals surface area contributed by atoms with Crippen LogP contribution in [0, 0.1) is 11.8 Å². The molecule has 4 nitrogen and oxygen atoms in total. The molecule has 138 valence electrons. The molecule has 0 radical (unpaired) electrons. The smallest absolute Gasteiger partial charge is 0.220 e. The maximum atomic E-state index is 12.4. The van der Waals surface area contributed by atoms with Crippen LogP contribution in [0.3, 0.4) is 0 Å². The van der Waals surface area contributed by atoms with Gasteiger partial charge in [-0.1, -0.05) is 31.2 Å². The fourth-order valence-electron chi connectivity index (χ4n) is 3.72. The summed E-state index contributed by atoms with van der Waals surface area (Å²) in [5.41, 5.74) is 3.44. The van der Waals surface area contributed by atoms with Gasteiger partial charge in [0.2, 0.25) is 5.91 Å². The Morgan fingerprint density at radius 1 is 1.15 bits per heavy atom. The van der Waals surface area contributed by atoms with E-state index in [9.17, 15) is 4.79 Å². The van der Waals surface area contributed by atoms with Crippen LogP contribution < -0.4 is 10.6 Å². The van der Waals surface area contributed by atoms with Gasteiger partial charge in [0.15, 0.2) is 0 Å². The van der Waals surface area contributed by atoms with Crippen molar-refractivity contribution in [1.82, 2.24) is 15.6 Å². The van der Waals surface area contributed by atoms with Gasteiger partial charge in [-0.15, -0.1) is 0 Å². The standard InChI is InChI=1S/C22H29N3O/c1-16(21-4-3-11-24-15-21)14-22(26)25-17(2)18-5-7-19(8-6-18)20-9-12-23-13-10-20/h5-10,12-13,16-17,21,24H,3-4,11,14-15H2,1-2H3,(H,25,26). The van der Waals surface area contributed by atoms with E-state index in [-0.39, 0.29) is 11.9 Å². The minimum absolute atomic E-state index is 0.0191. The minimum atomic E-state index is 0.0191. The lowest BCUT2D eigenvalue weighted by atomic mass is 9.85. The summed E-state index contributed by atoms with van der Waals surface area (Å²) in [6.45, 7) is 6.40. The summed E-state index contributed by atoms with van der Waals surface area (Å²) in [5, 5.41) is 6.59. The van der Waals surface area contributed by atoms with Crippen LogP contribution in [0.5, 0.6) is 0 Å². The predicted molar refractivity (Wildman–Crippen MR) is 106 cm³/mol. The number of hydrogen-bond donors (Lipinski definition) is 2. The molecule has 26 heavy (non-hydrogen) atoms. The Morgan fingerprint density at radius 3 is 2.50 bits per heavy atom. The number of benzene rings is 1. The highest BCUT2D eigenvalue weighted by Gasteiger charge is 2.22. The SMILES string of the molecule is CC(NC(=O)CC(C)C1CCCNC1)c1ccc(-c2ccncc2)cc1. The molecular formula is C22H29N3O. The number of hydrogen-bond acceptors (Lipinski definition) is 3. The zero-order valence-corrected chi connectivity index (χ0v) is 15.7. The highest BCUT2D eigenvalue weighted by Crippen LogP contribution is 2.24. The van der Waals surface area contributed by atoms with Crippen LogP contribution in [0.25, 0.3) is 11.1 Å². The second-order valence-corrected chi connectivity index (χ2v) is 7.43. The van der Waals surface area contributed by atoms with Crippen molar-refractivity contribution in [1.29, 1.82) is 0 Å². The fourth-order valence-corrected chi connectivity index (χ4v) is 3.72. The predicted octanol–water partition coefficient (Wildman–Crippen LogP) is 3.95. The summed E-state index contributed by atoms with van der Waals surface area (Å²) in [6.07, 6.45) is 6.65. The summed E-state index contributed by atoms with van der Waals surface area (Å²) in [6, 6.07) is 12.4. The third-order valence-electron chi connectivity index (χ3n) is 5.45. The molecule has 1 aliphatic rings. The summed E-state index contributed by atoms with van der Waals surface area (Å²) in [4.78, 5) is 16.5. The number of piperidine rings is 1. The molecule has 1 aromatic carbocycles. The first kappa shape index (κ1) is 18.6. The fraction of sp³-hybridized carbons (Fsp3) is 0.455. The first-order chi connectivity index (χ1) is 12.6. The van der Waals surface area contributed by atoms with Crippen molar-refractivity contribution < 1.29 is 4.79 Å². The van der Waals surface area contributed by atoms with E-state index in [4.69, 9.17) is 0 Å². The second-order valence-electron chi connectivity index (χ2n) is 7.43. The Kier molecular flexibility index (Phi) is 6.40. The van der Waals surface area contributed by atoms with Gasteiger partial charge >= 0.3 is 0 Å². The summed E-state index contributed by atoms with van der Waals surface area (Å²) in [5.74, 6) is 1.18. The van der Waals surface area contributed by atoms with Crippen LogP contribution in [-0.4, -0.2) is 24.0 Å². The van der Waals surface area contributed by atoms with Crippen LogP contribution >= 0.6 is 0 Å². The van der Waals surface area contributed by atoms with Gasteiger partial charge in [-0.3, -0.25) is 9.78 Å². The Hall–Kier alpha value is -2.20. The van der Waals surface area contributed by atoms with Crippen molar-refractivity contribution in [3.05, 3.63) is 54.4 Å². The number of pyridine rings is 1. The molecule has 1 saturated heterocycles. The van der Waals surface area contributed by atoms with Crippen LogP contribution in [-0.2, 0) is 4.79 Å². The molecule has 4 heteroatoms. The quantitative estimate of drug-likeness (QED) is 0.828. The maximum absolute atomic E-state index is 12.4. The highest BCUT2D eigenvalue weighted by atomic mass is 16.1. The Bertz CT molecular complexity index is 693. The number of nitrogens with zero attached hydrogens (tertiary/aromatic N) is 1. The van der Waals surface area contributed by atoms with E-state index in [1.54, 1.807) is 12.4 Å². The van der Waals surface area contributed by atoms with Crippen molar-refractivity contribution in [2.75, 3.05) is 13.1 Å². The summed E-state index contributed by atoms with van der Waals surface area (Å²) >= 11 is 0. The van der Waals surface area contributed by atoms with Gasteiger partial charge in [-0.05, 0) is 73.5 Å². The molecule has 1 aliphatic heterocycles. The Balaban J connectivity index is 1.53. The molecule has 1 aromatic heterocycles. The van der Waals surface area contributed by atoms with E-state index in [1.165, 1.54) is 12.8 Å². The monoisotopic (exact) mass is 351 g/mol. The van der Waals surface area contributed by atoms with E-state index >= 15 is 0 Å². The van der Waals surface area contributed by atoms with Crippen molar-refractivity contribution >= 4 is 5.91 Å². The van der Waals surface area contributed by atoms with Crippen LogP contribution in [0.1, 0.15) is 44.7 Å². The molecule has 2 N–H and O–H groups in total. The molecule has 1 amide bonds. The van der Waals surface area contributed by atoms with Gasteiger partial charge in [0.25, 0.3) is 0 Å². The molecule has 2 heterocycles. The van der Waals surface area contributed by atoms with Gasteiger partial charge in [0.1, 0.15) is 0 Å². The van der Waals surface area contributed by atoms with Gasteiger partial charge in [0.05, 0.1) is 6.04 Å². The van der Waals surface area contributed by atoms with E-state index in [0.29, 0.717) is 18.3 Å². The van der Waals surface area contributed by atoms with E-state index in [1.807, 2.05) is 19.1 Å². The zero-order chi connectivity index (χ0) is 18.4. The third-order valence-corrected chi connectivity index (χ3v) is 5.45. The molecule has 0 aliphatic carbocycles.